The maximum absolute atomic E-state index is 12.8. The van der Waals surface area contributed by atoms with Gasteiger partial charge in [-0.2, -0.15) is 0 Å². The van der Waals surface area contributed by atoms with Gasteiger partial charge in [-0.1, -0.05) is 0 Å². The Morgan fingerprint density at radius 3 is 2.70 bits per heavy atom. The second-order valence-electron chi connectivity index (χ2n) is 6.63. The van der Waals surface area contributed by atoms with Crippen molar-refractivity contribution in [3.05, 3.63) is 66.5 Å². The van der Waals surface area contributed by atoms with Crippen molar-refractivity contribution < 1.29 is 4.79 Å². The first-order chi connectivity index (χ1) is 13.2. The summed E-state index contributed by atoms with van der Waals surface area (Å²) in [7, 11) is 0. The molecule has 0 aliphatic carbocycles. The van der Waals surface area contributed by atoms with Crippen molar-refractivity contribution in [2.75, 3.05) is 13.1 Å². The van der Waals surface area contributed by atoms with Crippen LogP contribution >= 0.6 is 0 Å². The SMILES string of the molecule is Cc1ncc(-c2ccncc2)c([C@H]2CCCN(C(=O)c3cnccn3)C2)n1. The molecule has 0 bridgehead atoms. The number of aromatic nitrogens is 5. The number of hydrogen-bond donors (Lipinski definition) is 0. The van der Waals surface area contributed by atoms with Crippen LogP contribution in [-0.4, -0.2) is 48.8 Å². The lowest BCUT2D eigenvalue weighted by Crippen LogP contribution is -2.39. The van der Waals surface area contributed by atoms with Gasteiger partial charge in [0.15, 0.2) is 0 Å². The molecule has 1 amide bonds. The maximum atomic E-state index is 12.8. The minimum atomic E-state index is -0.0796. The zero-order chi connectivity index (χ0) is 18.6. The Labute approximate surface area is 157 Å². The lowest BCUT2D eigenvalue weighted by molar-refractivity contribution is 0.0699. The molecule has 4 heterocycles. The summed E-state index contributed by atoms with van der Waals surface area (Å²) in [5, 5.41) is 0. The van der Waals surface area contributed by atoms with Crippen LogP contribution in [0.15, 0.2) is 49.3 Å². The van der Waals surface area contributed by atoms with Gasteiger partial charge in [-0.15, -0.1) is 0 Å². The molecule has 1 aliphatic heterocycles. The molecule has 0 N–H and O–H groups in total. The number of carbonyl (C=O) groups is 1. The third-order valence-electron chi connectivity index (χ3n) is 4.81. The van der Waals surface area contributed by atoms with E-state index in [9.17, 15) is 4.79 Å². The normalized spacial score (nSPS) is 16.9. The Balaban J connectivity index is 1.64. The van der Waals surface area contributed by atoms with Crippen LogP contribution in [0.25, 0.3) is 11.1 Å². The molecule has 4 rings (SSSR count). The van der Waals surface area contributed by atoms with E-state index in [-0.39, 0.29) is 11.8 Å². The van der Waals surface area contributed by atoms with Gasteiger partial charge in [0.05, 0.1) is 11.9 Å². The molecule has 0 saturated carbocycles. The van der Waals surface area contributed by atoms with Gasteiger partial charge in [0.25, 0.3) is 5.91 Å². The molecule has 7 nitrogen and oxygen atoms in total. The predicted octanol–water partition coefficient (Wildman–Crippen LogP) is 2.66. The van der Waals surface area contributed by atoms with Crippen molar-refractivity contribution in [3.8, 4) is 11.1 Å². The Morgan fingerprint density at radius 2 is 1.93 bits per heavy atom. The van der Waals surface area contributed by atoms with Crippen LogP contribution < -0.4 is 0 Å². The first-order valence-electron chi connectivity index (χ1n) is 9.01. The van der Waals surface area contributed by atoms with E-state index in [1.165, 1.54) is 6.20 Å². The van der Waals surface area contributed by atoms with Gasteiger partial charge in [-0.05, 0) is 37.5 Å². The Kier molecular flexibility index (Phi) is 4.82. The van der Waals surface area contributed by atoms with Crippen LogP contribution in [0, 0.1) is 6.92 Å². The van der Waals surface area contributed by atoms with Gasteiger partial charge in [-0.3, -0.25) is 14.8 Å². The third kappa shape index (κ3) is 3.67. The number of likely N-dealkylation sites (tertiary alicyclic amines) is 1. The predicted molar refractivity (Wildman–Crippen MR) is 99.9 cm³/mol. The van der Waals surface area contributed by atoms with Crippen molar-refractivity contribution in [2.45, 2.75) is 25.7 Å². The summed E-state index contributed by atoms with van der Waals surface area (Å²) in [6, 6.07) is 3.92. The van der Waals surface area contributed by atoms with Crippen molar-refractivity contribution >= 4 is 5.91 Å². The molecule has 1 atom stereocenters. The highest BCUT2D eigenvalue weighted by molar-refractivity contribution is 5.92. The standard InChI is InChI=1S/C20H20N6O/c1-14-24-11-17(15-4-6-21-7-5-15)19(25-14)16-3-2-10-26(13-16)20(27)18-12-22-8-9-23-18/h4-9,11-12,16H,2-3,10,13H2,1H3/t16-/m0/s1. The second-order valence-corrected chi connectivity index (χ2v) is 6.63. The molecule has 0 spiro atoms. The van der Waals surface area contributed by atoms with Gasteiger partial charge in [0, 0.05) is 55.6 Å². The number of pyridine rings is 1. The van der Waals surface area contributed by atoms with Crippen LogP contribution in [0.5, 0.6) is 0 Å². The average molecular weight is 360 g/mol. The van der Waals surface area contributed by atoms with E-state index in [0.717, 1.165) is 42.0 Å². The van der Waals surface area contributed by atoms with E-state index in [1.807, 2.05) is 30.2 Å². The molecule has 27 heavy (non-hydrogen) atoms. The minimum Gasteiger partial charge on any atom is -0.337 e. The van der Waals surface area contributed by atoms with Crippen LogP contribution in [-0.2, 0) is 0 Å². The van der Waals surface area contributed by atoms with Crippen molar-refractivity contribution in [3.63, 3.8) is 0 Å². The zero-order valence-electron chi connectivity index (χ0n) is 15.1. The quantitative estimate of drug-likeness (QED) is 0.714. The molecule has 1 saturated heterocycles. The molecule has 3 aromatic rings. The molecule has 7 heteroatoms. The fraction of sp³-hybridized carbons (Fsp3) is 0.300. The molecular formula is C20H20N6O. The topological polar surface area (TPSA) is 84.8 Å². The molecular weight excluding hydrogens is 340 g/mol. The number of aryl methyl sites for hydroxylation is 1. The molecule has 1 fully saturated rings. The van der Waals surface area contributed by atoms with Gasteiger partial charge >= 0.3 is 0 Å². The lowest BCUT2D eigenvalue weighted by atomic mass is 9.90. The monoisotopic (exact) mass is 360 g/mol. The summed E-state index contributed by atoms with van der Waals surface area (Å²) >= 11 is 0. The Morgan fingerprint density at radius 1 is 1.07 bits per heavy atom. The van der Waals surface area contributed by atoms with E-state index in [2.05, 4.69) is 19.9 Å². The number of nitrogens with zero attached hydrogens (tertiary/aromatic N) is 6. The van der Waals surface area contributed by atoms with Gasteiger partial charge in [-0.25, -0.2) is 15.0 Å². The summed E-state index contributed by atoms with van der Waals surface area (Å²) in [6.07, 6.45) is 12.0. The summed E-state index contributed by atoms with van der Waals surface area (Å²) in [4.78, 5) is 36.0. The molecule has 0 radical (unpaired) electrons. The van der Waals surface area contributed by atoms with E-state index in [0.29, 0.717) is 12.2 Å². The van der Waals surface area contributed by atoms with Crippen LogP contribution in [0.3, 0.4) is 0 Å². The van der Waals surface area contributed by atoms with Crippen molar-refractivity contribution in [1.82, 2.24) is 29.8 Å². The number of carbonyl (C=O) groups excluding carboxylic acids is 1. The van der Waals surface area contributed by atoms with Crippen molar-refractivity contribution in [1.29, 1.82) is 0 Å². The highest BCUT2D eigenvalue weighted by Crippen LogP contribution is 2.33. The molecule has 0 aromatic carbocycles. The largest absolute Gasteiger partial charge is 0.337 e. The van der Waals surface area contributed by atoms with Crippen molar-refractivity contribution in [2.24, 2.45) is 0 Å². The molecule has 3 aromatic heterocycles. The lowest BCUT2D eigenvalue weighted by Gasteiger charge is -2.33. The average Bonchev–Trinajstić information content (AvgIpc) is 2.74. The van der Waals surface area contributed by atoms with E-state index in [1.54, 1.807) is 24.8 Å². The van der Waals surface area contributed by atoms with Gasteiger partial charge in [0.2, 0.25) is 0 Å². The Hall–Kier alpha value is -3.22. The summed E-state index contributed by atoms with van der Waals surface area (Å²) in [5.74, 6) is 0.813. The number of rotatable bonds is 3. The van der Waals surface area contributed by atoms with E-state index in [4.69, 9.17) is 4.98 Å². The third-order valence-corrected chi connectivity index (χ3v) is 4.81. The highest BCUT2D eigenvalue weighted by Gasteiger charge is 2.29. The van der Waals surface area contributed by atoms with Gasteiger partial charge in [0.1, 0.15) is 11.5 Å². The number of amides is 1. The first kappa shape index (κ1) is 17.2. The Bertz CT molecular complexity index is 932. The smallest absolute Gasteiger partial charge is 0.274 e. The van der Waals surface area contributed by atoms with Crippen LogP contribution in [0.2, 0.25) is 0 Å². The van der Waals surface area contributed by atoms with E-state index >= 15 is 0 Å². The molecule has 136 valence electrons. The molecule has 0 unspecified atom stereocenters. The summed E-state index contributed by atoms with van der Waals surface area (Å²) in [6.45, 7) is 3.23. The number of piperidine rings is 1. The second kappa shape index (κ2) is 7.57. The summed E-state index contributed by atoms with van der Waals surface area (Å²) in [5.41, 5.74) is 3.41. The highest BCUT2D eigenvalue weighted by atomic mass is 16.2. The minimum absolute atomic E-state index is 0.0796. The zero-order valence-corrected chi connectivity index (χ0v) is 15.1. The fourth-order valence-corrected chi connectivity index (χ4v) is 3.51. The van der Waals surface area contributed by atoms with Gasteiger partial charge < -0.3 is 4.90 Å². The fourth-order valence-electron chi connectivity index (χ4n) is 3.51. The van der Waals surface area contributed by atoms with Crippen LogP contribution in [0.1, 0.15) is 40.8 Å². The number of hydrogen-bond acceptors (Lipinski definition) is 6. The summed E-state index contributed by atoms with van der Waals surface area (Å²) < 4.78 is 0. The first-order valence-corrected chi connectivity index (χ1v) is 9.01. The molecule has 1 aliphatic rings. The maximum Gasteiger partial charge on any atom is 0.274 e. The van der Waals surface area contributed by atoms with E-state index < -0.39 is 0 Å². The van der Waals surface area contributed by atoms with Crippen LogP contribution in [0.4, 0.5) is 0 Å².